The molecule has 3 nitrogen and oxygen atoms in total. The molecule has 0 unspecified atom stereocenters. The third-order valence-electron chi connectivity index (χ3n) is 9.56. The van der Waals surface area contributed by atoms with Crippen LogP contribution in [0.15, 0.2) is 66.7 Å². The molecule has 0 aromatic heterocycles. The topological polar surface area (TPSA) is 46.5 Å². The van der Waals surface area contributed by atoms with Crippen molar-refractivity contribution in [2.45, 2.75) is 79.2 Å². The van der Waals surface area contributed by atoms with Gasteiger partial charge in [0.2, 0.25) is 0 Å². The van der Waals surface area contributed by atoms with Crippen LogP contribution in [0.1, 0.15) is 82.6 Å². The predicted molar refractivity (Wildman–Crippen MR) is 160 cm³/mol. The Balaban J connectivity index is 1.46. The molecule has 0 heterocycles. The highest BCUT2D eigenvalue weighted by molar-refractivity contribution is 5.85. The summed E-state index contributed by atoms with van der Waals surface area (Å²) in [6.45, 7) is 13.1. The van der Waals surface area contributed by atoms with Crippen molar-refractivity contribution >= 4 is 11.5 Å². The number of rotatable bonds is 9. The fourth-order valence-electron chi connectivity index (χ4n) is 7.39. The van der Waals surface area contributed by atoms with Crippen LogP contribution in [-0.4, -0.2) is 11.1 Å². The van der Waals surface area contributed by atoms with E-state index < -0.39 is 11.9 Å². The third-order valence-corrected chi connectivity index (χ3v) is 9.56. The summed E-state index contributed by atoms with van der Waals surface area (Å²) in [5.41, 5.74) is 6.23. The average Bonchev–Trinajstić information content (AvgIpc) is 3.19. The highest BCUT2D eigenvalue weighted by Crippen LogP contribution is 2.71. The number of aliphatic carboxylic acids is 1. The first-order valence-electron chi connectivity index (χ1n) is 14.5. The molecule has 0 saturated heterocycles. The summed E-state index contributed by atoms with van der Waals surface area (Å²) in [4.78, 5) is 12.1. The Morgan fingerprint density at radius 2 is 1.77 bits per heavy atom. The minimum Gasteiger partial charge on any atom is -0.489 e. The van der Waals surface area contributed by atoms with Crippen LogP contribution >= 0.6 is 0 Å². The molecule has 0 spiro atoms. The van der Waals surface area contributed by atoms with Crippen molar-refractivity contribution in [2.75, 3.05) is 0 Å². The molecular formula is C36H41FO3. The van der Waals surface area contributed by atoms with Crippen molar-refractivity contribution in [2.24, 2.45) is 16.7 Å². The second kappa shape index (κ2) is 10.2. The van der Waals surface area contributed by atoms with Gasteiger partial charge >= 0.3 is 5.97 Å². The number of ether oxygens (including phenoxy) is 1. The van der Waals surface area contributed by atoms with E-state index in [1.807, 2.05) is 49.4 Å². The lowest BCUT2D eigenvalue weighted by molar-refractivity contribution is -0.139. The van der Waals surface area contributed by atoms with E-state index in [-0.39, 0.29) is 22.1 Å². The van der Waals surface area contributed by atoms with Crippen molar-refractivity contribution in [3.8, 4) is 16.9 Å². The van der Waals surface area contributed by atoms with Gasteiger partial charge in [0.25, 0.3) is 0 Å². The molecule has 0 amide bonds. The van der Waals surface area contributed by atoms with Gasteiger partial charge in [0.05, 0.1) is 5.92 Å². The van der Waals surface area contributed by atoms with Crippen molar-refractivity contribution in [3.05, 3.63) is 94.8 Å². The van der Waals surface area contributed by atoms with Gasteiger partial charge in [-0.3, -0.25) is 4.79 Å². The summed E-state index contributed by atoms with van der Waals surface area (Å²) in [5.74, 6) is -0.620. The number of halogens is 1. The highest BCUT2D eigenvalue weighted by Gasteiger charge is 2.74. The Bertz CT molecular complexity index is 1480. The smallest absolute Gasteiger partial charge is 0.308 e. The first kappa shape index (κ1) is 28.1. The summed E-state index contributed by atoms with van der Waals surface area (Å²) >= 11 is 0. The van der Waals surface area contributed by atoms with Crippen LogP contribution in [0.2, 0.25) is 0 Å². The molecule has 40 heavy (non-hydrogen) atoms. The monoisotopic (exact) mass is 540 g/mol. The highest BCUT2D eigenvalue weighted by atomic mass is 19.1. The standard InChI is InChI=1S/C36H41FO3/c1-7-17-36(32(33(38)39)35(36,5)6)25-10-8-11-26(21-25)40-22-24-14-15-27(29-19-23(2)13-16-31(29)37)28(20-24)30-12-9-18-34(30,3)4/h8,10-16,19-21,32H,7,9,17-18,22H2,1-6H3,(H,38,39)/t32-,36+/m0/s1. The summed E-state index contributed by atoms with van der Waals surface area (Å²) in [6, 6.07) is 19.5. The van der Waals surface area contributed by atoms with Gasteiger partial charge in [-0.25, -0.2) is 4.39 Å². The van der Waals surface area contributed by atoms with Gasteiger partial charge in [-0.2, -0.15) is 0 Å². The summed E-state index contributed by atoms with van der Waals surface area (Å²) in [6.07, 6.45) is 6.12. The van der Waals surface area contributed by atoms with Crippen molar-refractivity contribution < 1.29 is 19.0 Å². The zero-order valence-corrected chi connectivity index (χ0v) is 24.6. The van der Waals surface area contributed by atoms with Gasteiger partial charge in [-0.05, 0) is 95.2 Å². The summed E-state index contributed by atoms with van der Waals surface area (Å²) in [5, 5.41) is 9.96. The fourth-order valence-corrected chi connectivity index (χ4v) is 7.39. The van der Waals surface area contributed by atoms with E-state index in [2.05, 4.69) is 46.8 Å². The van der Waals surface area contributed by atoms with E-state index in [1.165, 1.54) is 5.57 Å². The first-order valence-corrected chi connectivity index (χ1v) is 14.5. The Morgan fingerprint density at radius 1 is 1.00 bits per heavy atom. The van der Waals surface area contributed by atoms with E-state index in [1.54, 1.807) is 12.1 Å². The molecule has 2 atom stereocenters. The lowest BCUT2D eigenvalue weighted by atomic mass is 9.79. The second-order valence-electron chi connectivity index (χ2n) is 12.9. The fraction of sp³-hybridized carbons (Fsp3) is 0.417. The van der Waals surface area contributed by atoms with Gasteiger partial charge in [0.1, 0.15) is 18.2 Å². The number of allylic oxidation sites excluding steroid dienone is 2. The normalized spacial score (nSPS) is 22.6. The molecule has 1 fully saturated rings. The van der Waals surface area contributed by atoms with Crippen LogP contribution in [0.3, 0.4) is 0 Å². The Morgan fingerprint density at radius 3 is 2.42 bits per heavy atom. The Labute approximate surface area is 238 Å². The Kier molecular flexibility index (Phi) is 7.18. The van der Waals surface area contributed by atoms with Crippen molar-refractivity contribution in [1.82, 2.24) is 0 Å². The Hall–Kier alpha value is -3.40. The average molecular weight is 541 g/mol. The lowest BCUT2D eigenvalue weighted by Crippen LogP contribution is -2.17. The quantitative estimate of drug-likeness (QED) is 0.294. The van der Waals surface area contributed by atoms with Crippen LogP contribution in [0.4, 0.5) is 4.39 Å². The molecular weight excluding hydrogens is 499 g/mol. The molecule has 1 saturated carbocycles. The number of carbonyl (C=O) groups is 1. The SMILES string of the molecule is CCC[C@@]1(c2cccc(OCc3ccc(-c4cc(C)ccc4F)c(C4=CCCC4(C)C)c3)c2)[C@@H](C(=O)O)C1(C)C. The third kappa shape index (κ3) is 4.66. The van der Waals surface area contributed by atoms with Crippen LogP contribution in [-0.2, 0) is 16.8 Å². The summed E-state index contributed by atoms with van der Waals surface area (Å²) in [7, 11) is 0. The van der Waals surface area contributed by atoms with Crippen LogP contribution in [0, 0.1) is 29.5 Å². The van der Waals surface area contributed by atoms with Gasteiger partial charge in [-0.1, -0.05) is 83.0 Å². The zero-order chi connectivity index (χ0) is 28.9. The second-order valence-corrected chi connectivity index (χ2v) is 12.9. The minimum absolute atomic E-state index is 0.00814. The molecule has 0 radical (unpaired) electrons. The van der Waals surface area contributed by atoms with E-state index >= 15 is 4.39 Å². The number of hydrogen-bond acceptors (Lipinski definition) is 2. The molecule has 1 N–H and O–H groups in total. The van der Waals surface area contributed by atoms with Crippen molar-refractivity contribution in [3.63, 3.8) is 0 Å². The van der Waals surface area contributed by atoms with E-state index in [0.717, 1.165) is 59.3 Å². The van der Waals surface area contributed by atoms with Crippen LogP contribution in [0.25, 0.3) is 16.7 Å². The largest absolute Gasteiger partial charge is 0.489 e. The number of carboxylic acids is 1. The maximum atomic E-state index is 15.0. The van der Waals surface area contributed by atoms with Gasteiger partial charge < -0.3 is 9.84 Å². The molecule has 3 aromatic rings. The number of hydrogen-bond donors (Lipinski definition) is 1. The maximum absolute atomic E-state index is 15.0. The van der Waals surface area contributed by atoms with Crippen LogP contribution in [0.5, 0.6) is 5.75 Å². The molecule has 0 aliphatic heterocycles. The van der Waals surface area contributed by atoms with Gasteiger partial charge in [0.15, 0.2) is 0 Å². The maximum Gasteiger partial charge on any atom is 0.308 e. The molecule has 3 aromatic carbocycles. The first-order chi connectivity index (χ1) is 18.9. The molecule has 0 bridgehead atoms. The molecule has 2 aliphatic rings. The predicted octanol–water partition coefficient (Wildman–Crippen LogP) is 9.36. The van der Waals surface area contributed by atoms with Crippen LogP contribution < -0.4 is 4.74 Å². The summed E-state index contributed by atoms with van der Waals surface area (Å²) < 4.78 is 21.3. The lowest BCUT2D eigenvalue weighted by Gasteiger charge is -2.25. The van der Waals surface area contributed by atoms with E-state index in [0.29, 0.717) is 12.2 Å². The minimum atomic E-state index is -0.730. The number of carboxylic acid groups (broad SMARTS) is 1. The molecule has 5 rings (SSSR count). The van der Waals surface area contributed by atoms with E-state index in [9.17, 15) is 9.90 Å². The van der Waals surface area contributed by atoms with Gasteiger partial charge in [0, 0.05) is 11.0 Å². The van der Waals surface area contributed by atoms with E-state index in [4.69, 9.17) is 4.74 Å². The molecule has 210 valence electrons. The molecule has 4 heteroatoms. The number of aryl methyl sites for hydroxylation is 1. The number of benzene rings is 3. The molecule has 2 aliphatic carbocycles. The van der Waals surface area contributed by atoms with Gasteiger partial charge in [-0.15, -0.1) is 0 Å². The zero-order valence-electron chi connectivity index (χ0n) is 24.6. The van der Waals surface area contributed by atoms with Crippen molar-refractivity contribution in [1.29, 1.82) is 0 Å².